The van der Waals surface area contributed by atoms with Crippen molar-refractivity contribution < 1.29 is 14.3 Å². The third-order valence-corrected chi connectivity index (χ3v) is 6.20. The van der Waals surface area contributed by atoms with E-state index < -0.39 is 0 Å². The van der Waals surface area contributed by atoms with E-state index in [1.165, 1.54) is 11.8 Å². The van der Waals surface area contributed by atoms with Crippen molar-refractivity contribution in [3.8, 4) is 17.6 Å². The summed E-state index contributed by atoms with van der Waals surface area (Å²) in [6, 6.07) is 20.3. The molecule has 0 radical (unpaired) electrons. The molecule has 170 valence electrons. The summed E-state index contributed by atoms with van der Waals surface area (Å²) in [5, 5.41) is 13.1. The van der Waals surface area contributed by atoms with Crippen LogP contribution in [0.1, 0.15) is 22.3 Å². The zero-order chi connectivity index (χ0) is 24.1. The van der Waals surface area contributed by atoms with E-state index in [0.29, 0.717) is 37.8 Å². The van der Waals surface area contributed by atoms with Gasteiger partial charge >= 0.3 is 0 Å². The van der Waals surface area contributed by atoms with E-state index in [1.807, 2.05) is 37.3 Å². The molecule has 1 fully saturated rings. The maximum Gasteiger partial charge on any atom is 0.264 e. The van der Waals surface area contributed by atoms with Crippen LogP contribution in [-0.4, -0.2) is 18.2 Å². The maximum absolute atomic E-state index is 12.5. The first-order valence-corrected chi connectivity index (χ1v) is 11.5. The lowest BCUT2D eigenvalue weighted by atomic mass is 10.1. The van der Waals surface area contributed by atoms with Gasteiger partial charge in [0.2, 0.25) is 0 Å². The van der Waals surface area contributed by atoms with Crippen LogP contribution in [0, 0.1) is 18.3 Å². The number of hydrogen-bond acceptors (Lipinski definition) is 6. The van der Waals surface area contributed by atoms with Crippen LogP contribution >= 0.6 is 23.4 Å². The molecule has 0 unspecified atom stereocenters. The second kappa shape index (κ2) is 10.5. The highest BCUT2D eigenvalue weighted by Gasteiger charge is 2.24. The van der Waals surface area contributed by atoms with Crippen molar-refractivity contribution in [2.75, 3.05) is 7.11 Å². The number of nitrogens with one attached hydrogen (secondary N) is 1. The van der Waals surface area contributed by atoms with Gasteiger partial charge in [0.25, 0.3) is 5.91 Å². The van der Waals surface area contributed by atoms with Crippen molar-refractivity contribution in [2.24, 2.45) is 4.99 Å². The summed E-state index contributed by atoms with van der Waals surface area (Å²) in [4.78, 5) is 17.5. The van der Waals surface area contributed by atoms with E-state index in [4.69, 9.17) is 21.1 Å². The quantitative estimate of drug-likeness (QED) is 0.429. The first-order valence-electron chi connectivity index (χ1n) is 10.3. The molecule has 6 nitrogen and oxygen atoms in total. The number of amidine groups is 1. The molecule has 0 bridgehead atoms. The van der Waals surface area contributed by atoms with Crippen molar-refractivity contribution in [3.63, 3.8) is 0 Å². The lowest BCUT2D eigenvalue weighted by Gasteiger charge is -2.12. The molecule has 0 atom stereocenters. The molecule has 3 aromatic rings. The van der Waals surface area contributed by atoms with Crippen molar-refractivity contribution in [1.82, 2.24) is 5.32 Å². The van der Waals surface area contributed by atoms with Gasteiger partial charge in [-0.05, 0) is 66.2 Å². The number of rotatable bonds is 6. The summed E-state index contributed by atoms with van der Waals surface area (Å²) in [5.41, 5.74) is 3.80. The number of carbonyl (C=O) groups excluding carboxylic acids is 1. The fourth-order valence-corrected chi connectivity index (χ4v) is 4.25. The van der Waals surface area contributed by atoms with Crippen molar-refractivity contribution in [2.45, 2.75) is 13.5 Å². The van der Waals surface area contributed by atoms with E-state index in [-0.39, 0.29) is 12.5 Å². The summed E-state index contributed by atoms with van der Waals surface area (Å²) in [7, 11) is 1.55. The Morgan fingerprint density at radius 3 is 2.76 bits per heavy atom. The van der Waals surface area contributed by atoms with Gasteiger partial charge in [0.1, 0.15) is 6.61 Å². The van der Waals surface area contributed by atoms with E-state index in [2.05, 4.69) is 16.4 Å². The Bertz CT molecular complexity index is 1360. The van der Waals surface area contributed by atoms with Gasteiger partial charge in [-0.3, -0.25) is 4.79 Å². The number of nitriles is 1. The number of amides is 1. The molecular formula is C26H20ClN3O3S. The zero-order valence-corrected chi connectivity index (χ0v) is 20.0. The monoisotopic (exact) mass is 489 g/mol. The number of halogens is 1. The number of ether oxygens (including phenoxy) is 2. The van der Waals surface area contributed by atoms with Crippen LogP contribution in [0.25, 0.3) is 6.08 Å². The van der Waals surface area contributed by atoms with Crippen LogP contribution in [0.3, 0.4) is 0 Å². The maximum atomic E-state index is 12.5. The van der Waals surface area contributed by atoms with Crippen LogP contribution in [-0.2, 0) is 11.4 Å². The molecule has 1 saturated heterocycles. The molecule has 1 heterocycles. The number of benzene rings is 3. The van der Waals surface area contributed by atoms with Crippen LogP contribution < -0.4 is 14.8 Å². The van der Waals surface area contributed by atoms with Gasteiger partial charge in [-0.1, -0.05) is 41.9 Å². The summed E-state index contributed by atoms with van der Waals surface area (Å²) >= 11 is 7.33. The molecule has 1 aliphatic rings. The first kappa shape index (κ1) is 23.4. The SMILES string of the molecule is COc1cc(/C=C2\SC(=Nc3cc(Cl)ccc3C)NC2=O)ccc1OCc1ccccc1C#N. The number of aryl methyl sites for hydroxylation is 1. The number of hydrogen-bond donors (Lipinski definition) is 1. The molecule has 34 heavy (non-hydrogen) atoms. The summed E-state index contributed by atoms with van der Waals surface area (Å²) in [6.45, 7) is 2.17. The minimum absolute atomic E-state index is 0.226. The number of thioether (sulfide) groups is 1. The summed E-state index contributed by atoms with van der Waals surface area (Å²) in [5.74, 6) is 0.839. The normalized spacial score (nSPS) is 15.3. The van der Waals surface area contributed by atoms with E-state index >= 15 is 0 Å². The van der Waals surface area contributed by atoms with Gasteiger partial charge in [-0.15, -0.1) is 0 Å². The highest BCUT2D eigenvalue weighted by molar-refractivity contribution is 8.18. The number of carbonyl (C=O) groups is 1. The largest absolute Gasteiger partial charge is 0.493 e. The lowest BCUT2D eigenvalue weighted by Crippen LogP contribution is -2.19. The Labute approximate surface area is 206 Å². The second-order valence-corrected chi connectivity index (χ2v) is 8.85. The second-order valence-electron chi connectivity index (χ2n) is 7.38. The molecule has 1 N–H and O–H groups in total. The average molecular weight is 490 g/mol. The predicted molar refractivity (Wildman–Crippen MR) is 135 cm³/mol. The highest BCUT2D eigenvalue weighted by Crippen LogP contribution is 2.33. The van der Waals surface area contributed by atoms with Gasteiger partial charge in [0.15, 0.2) is 16.7 Å². The first-order chi connectivity index (χ1) is 16.5. The predicted octanol–water partition coefficient (Wildman–Crippen LogP) is 6.00. The molecule has 1 aliphatic heterocycles. The third-order valence-electron chi connectivity index (χ3n) is 5.05. The van der Waals surface area contributed by atoms with Crippen LogP contribution in [0.15, 0.2) is 70.6 Å². The molecule has 3 aromatic carbocycles. The minimum atomic E-state index is -0.226. The van der Waals surface area contributed by atoms with Gasteiger partial charge in [0, 0.05) is 10.6 Å². The fraction of sp³-hybridized carbons (Fsp3) is 0.115. The van der Waals surface area contributed by atoms with Crippen molar-refractivity contribution in [1.29, 1.82) is 5.26 Å². The third kappa shape index (κ3) is 5.42. The van der Waals surface area contributed by atoms with Gasteiger partial charge < -0.3 is 14.8 Å². The summed E-state index contributed by atoms with van der Waals surface area (Å²) < 4.78 is 11.4. The topological polar surface area (TPSA) is 83.7 Å². The number of methoxy groups -OCH3 is 1. The Morgan fingerprint density at radius 2 is 1.97 bits per heavy atom. The van der Waals surface area contributed by atoms with Gasteiger partial charge in [-0.25, -0.2) is 4.99 Å². The Balaban J connectivity index is 1.52. The molecular weight excluding hydrogens is 470 g/mol. The van der Waals surface area contributed by atoms with Crippen LogP contribution in [0.2, 0.25) is 5.02 Å². The van der Waals surface area contributed by atoms with Crippen LogP contribution in [0.4, 0.5) is 5.69 Å². The van der Waals surface area contributed by atoms with Crippen LogP contribution in [0.5, 0.6) is 11.5 Å². The molecule has 4 rings (SSSR count). The Morgan fingerprint density at radius 1 is 1.15 bits per heavy atom. The highest BCUT2D eigenvalue weighted by atomic mass is 35.5. The molecule has 0 saturated carbocycles. The standard InChI is InChI=1S/C26H20ClN3O3S/c1-16-7-9-20(27)13-21(16)29-26-30-25(31)24(34-26)12-17-8-10-22(23(11-17)32-2)33-15-19-6-4-3-5-18(19)14-28/h3-13H,15H2,1-2H3,(H,29,30,31)/b24-12-. The Kier molecular flexibility index (Phi) is 7.21. The lowest BCUT2D eigenvalue weighted by molar-refractivity contribution is -0.115. The van der Waals surface area contributed by atoms with Gasteiger partial charge in [0.05, 0.1) is 29.3 Å². The van der Waals surface area contributed by atoms with E-state index in [0.717, 1.165) is 16.7 Å². The minimum Gasteiger partial charge on any atom is -0.493 e. The van der Waals surface area contributed by atoms with Crippen molar-refractivity contribution in [3.05, 3.63) is 92.8 Å². The number of aliphatic imine (C=N–C) groups is 1. The number of nitrogens with zero attached hydrogens (tertiary/aromatic N) is 2. The molecule has 8 heteroatoms. The fourth-order valence-electron chi connectivity index (χ4n) is 3.25. The molecule has 1 amide bonds. The van der Waals surface area contributed by atoms with E-state index in [9.17, 15) is 10.1 Å². The van der Waals surface area contributed by atoms with Gasteiger partial charge in [-0.2, -0.15) is 5.26 Å². The molecule has 0 spiro atoms. The summed E-state index contributed by atoms with van der Waals surface area (Å²) in [6.07, 6.45) is 1.77. The Hall–Kier alpha value is -3.73. The van der Waals surface area contributed by atoms with E-state index in [1.54, 1.807) is 43.5 Å². The zero-order valence-electron chi connectivity index (χ0n) is 18.5. The smallest absolute Gasteiger partial charge is 0.264 e. The molecule has 0 aliphatic carbocycles. The molecule has 0 aromatic heterocycles. The van der Waals surface area contributed by atoms with Crippen molar-refractivity contribution >= 4 is 46.2 Å². The average Bonchev–Trinajstić information content (AvgIpc) is 3.18.